The molecule has 24 heavy (non-hydrogen) atoms. The topological polar surface area (TPSA) is 73.8 Å². The van der Waals surface area contributed by atoms with Gasteiger partial charge in [0.25, 0.3) is 5.69 Å². The Morgan fingerprint density at radius 2 is 1.79 bits per heavy atom. The Hall–Kier alpha value is -2.74. The molecule has 0 fully saturated rings. The quantitative estimate of drug-likeness (QED) is 0.398. The maximum absolute atomic E-state index is 13.1. The van der Waals surface area contributed by atoms with Gasteiger partial charge in [-0.3, -0.25) is 14.7 Å². The lowest BCUT2D eigenvalue weighted by molar-refractivity contribution is -0.384. The van der Waals surface area contributed by atoms with Gasteiger partial charge < -0.3 is 0 Å². The second kappa shape index (κ2) is 6.79. The zero-order valence-electron chi connectivity index (χ0n) is 12.7. The molecule has 6 nitrogen and oxygen atoms in total. The lowest BCUT2D eigenvalue weighted by Gasteiger charge is -2.08. The van der Waals surface area contributed by atoms with Gasteiger partial charge in [-0.1, -0.05) is 23.9 Å². The molecule has 0 spiro atoms. The molecule has 1 heterocycles. The molecule has 0 aliphatic heterocycles. The fourth-order valence-electron chi connectivity index (χ4n) is 2.19. The number of rotatable bonds is 5. The lowest BCUT2D eigenvalue weighted by Crippen LogP contribution is -1.99. The van der Waals surface area contributed by atoms with Gasteiger partial charge in [-0.05, 0) is 36.8 Å². The van der Waals surface area contributed by atoms with Gasteiger partial charge in [0, 0.05) is 23.6 Å². The smallest absolute Gasteiger partial charge is 0.269 e. The Kier molecular flexibility index (Phi) is 4.57. The Bertz CT molecular complexity index is 863. The van der Waals surface area contributed by atoms with Gasteiger partial charge in [-0.15, -0.1) is 10.2 Å². The van der Waals surface area contributed by atoms with Crippen molar-refractivity contribution in [3.63, 3.8) is 0 Å². The second-order valence-corrected chi connectivity index (χ2v) is 6.00. The SMILES string of the molecule is Cc1nnc(SCc2ccc([N+](=O)[O-])cc2)n1-c1ccc(F)cc1. The second-order valence-electron chi connectivity index (χ2n) is 5.05. The van der Waals surface area contributed by atoms with Crippen LogP contribution in [0.2, 0.25) is 0 Å². The summed E-state index contributed by atoms with van der Waals surface area (Å²) < 4.78 is 14.9. The third-order valence-electron chi connectivity index (χ3n) is 3.40. The zero-order valence-corrected chi connectivity index (χ0v) is 13.5. The van der Waals surface area contributed by atoms with Gasteiger partial charge in [0.2, 0.25) is 0 Å². The van der Waals surface area contributed by atoms with E-state index >= 15 is 0 Å². The molecule has 0 radical (unpaired) electrons. The Morgan fingerprint density at radius 3 is 2.42 bits per heavy atom. The molecule has 2 aromatic carbocycles. The summed E-state index contributed by atoms with van der Waals surface area (Å²) in [7, 11) is 0. The van der Waals surface area contributed by atoms with E-state index < -0.39 is 4.92 Å². The first-order valence-electron chi connectivity index (χ1n) is 7.08. The van der Waals surface area contributed by atoms with Crippen LogP contribution < -0.4 is 0 Å². The highest BCUT2D eigenvalue weighted by molar-refractivity contribution is 7.98. The summed E-state index contributed by atoms with van der Waals surface area (Å²) in [6.07, 6.45) is 0. The van der Waals surface area contributed by atoms with E-state index in [9.17, 15) is 14.5 Å². The molecule has 1 aromatic heterocycles. The molecule has 0 bridgehead atoms. The van der Waals surface area contributed by atoms with Crippen LogP contribution in [-0.2, 0) is 5.75 Å². The Morgan fingerprint density at radius 1 is 1.12 bits per heavy atom. The molecule has 0 N–H and O–H groups in total. The Labute approximate surface area is 141 Å². The number of non-ortho nitro benzene ring substituents is 1. The number of halogens is 1. The van der Waals surface area contributed by atoms with Crippen LogP contribution in [0.3, 0.4) is 0 Å². The van der Waals surface area contributed by atoms with Crippen LogP contribution in [0.4, 0.5) is 10.1 Å². The van der Waals surface area contributed by atoms with Crippen molar-refractivity contribution in [1.29, 1.82) is 0 Å². The van der Waals surface area contributed by atoms with Crippen LogP contribution in [0.1, 0.15) is 11.4 Å². The van der Waals surface area contributed by atoms with Crippen molar-refractivity contribution in [3.8, 4) is 5.69 Å². The molecule has 0 atom stereocenters. The van der Waals surface area contributed by atoms with Crippen LogP contribution >= 0.6 is 11.8 Å². The van der Waals surface area contributed by atoms with Crippen molar-refractivity contribution in [2.75, 3.05) is 0 Å². The molecule has 0 aliphatic rings. The van der Waals surface area contributed by atoms with E-state index in [2.05, 4.69) is 10.2 Å². The number of aryl methyl sites for hydroxylation is 1. The average Bonchev–Trinajstić information content (AvgIpc) is 2.95. The van der Waals surface area contributed by atoms with Crippen molar-refractivity contribution in [2.24, 2.45) is 0 Å². The predicted octanol–water partition coefficient (Wildman–Crippen LogP) is 3.92. The summed E-state index contributed by atoms with van der Waals surface area (Å²) in [5, 5.41) is 19.6. The van der Waals surface area contributed by atoms with Crippen LogP contribution in [0, 0.1) is 22.9 Å². The predicted molar refractivity (Wildman–Crippen MR) is 88.7 cm³/mol. The molecule has 0 saturated heterocycles. The van der Waals surface area contributed by atoms with Crippen molar-refractivity contribution in [3.05, 3.63) is 75.9 Å². The van der Waals surface area contributed by atoms with E-state index in [1.165, 1.54) is 36.0 Å². The van der Waals surface area contributed by atoms with Gasteiger partial charge in [-0.2, -0.15) is 0 Å². The molecule has 0 unspecified atom stereocenters. The molecule has 0 amide bonds. The standard InChI is InChI=1S/C16H13FN4O2S/c1-11-18-19-16(20(11)14-8-4-13(17)5-9-14)24-10-12-2-6-15(7-3-12)21(22)23/h2-9H,10H2,1H3. The highest BCUT2D eigenvalue weighted by Gasteiger charge is 2.12. The van der Waals surface area contributed by atoms with Crippen LogP contribution in [0.5, 0.6) is 0 Å². The number of nitrogens with zero attached hydrogens (tertiary/aromatic N) is 4. The number of aromatic nitrogens is 3. The minimum Gasteiger partial charge on any atom is -0.274 e. The number of hydrogen-bond donors (Lipinski definition) is 0. The van der Waals surface area contributed by atoms with Crippen molar-refractivity contribution >= 4 is 17.4 Å². The maximum Gasteiger partial charge on any atom is 0.269 e. The average molecular weight is 344 g/mol. The molecular formula is C16H13FN4O2S. The minimum atomic E-state index is -0.425. The van der Waals surface area contributed by atoms with Gasteiger partial charge in [0.15, 0.2) is 5.16 Å². The summed E-state index contributed by atoms with van der Waals surface area (Å²) in [4.78, 5) is 10.2. The number of nitro benzene ring substituents is 1. The molecular weight excluding hydrogens is 331 g/mol. The minimum absolute atomic E-state index is 0.0640. The first kappa shape index (κ1) is 16.1. The largest absolute Gasteiger partial charge is 0.274 e. The van der Waals surface area contributed by atoms with Crippen molar-refractivity contribution in [1.82, 2.24) is 14.8 Å². The number of hydrogen-bond acceptors (Lipinski definition) is 5. The summed E-state index contributed by atoms with van der Waals surface area (Å²) in [5.41, 5.74) is 1.79. The van der Waals surface area contributed by atoms with E-state index in [1.54, 1.807) is 24.3 Å². The van der Waals surface area contributed by atoms with Crippen molar-refractivity contribution in [2.45, 2.75) is 17.8 Å². The van der Waals surface area contributed by atoms with Crippen LogP contribution in [0.15, 0.2) is 53.7 Å². The van der Waals surface area contributed by atoms with Gasteiger partial charge >= 0.3 is 0 Å². The van der Waals surface area contributed by atoms with Gasteiger partial charge in [-0.25, -0.2) is 4.39 Å². The van der Waals surface area contributed by atoms with E-state index in [1.807, 2.05) is 11.5 Å². The number of benzene rings is 2. The lowest BCUT2D eigenvalue weighted by atomic mass is 10.2. The summed E-state index contributed by atoms with van der Waals surface area (Å²) in [6.45, 7) is 1.83. The fraction of sp³-hybridized carbons (Fsp3) is 0.125. The first-order valence-corrected chi connectivity index (χ1v) is 8.07. The number of thioether (sulfide) groups is 1. The van der Waals surface area contributed by atoms with E-state index in [0.717, 1.165) is 11.3 Å². The van der Waals surface area contributed by atoms with Gasteiger partial charge in [0.05, 0.1) is 4.92 Å². The third kappa shape index (κ3) is 3.43. The monoisotopic (exact) mass is 344 g/mol. The fourth-order valence-corrected chi connectivity index (χ4v) is 3.14. The maximum atomic E-state index is 13.1. The molecule has 3 aromatic rings. The summed E-state index contributed by atoms with van der Waals surface area (Å²) in [6, 6.07) is 12.5. The number of nitro groups is 1. The molecule has 3 rings (SSSR count). The van der Waals surface area contributed by atoms with Crippen LogP contribution in [-0.4, -0.2) is 19.7 Å². The van der Waals surface area contributed by atoms with Crippen molar-refractivity contribution < 1.29 is 9.31 Å². The summed E-state index contributed by atoms with van der Waals surface area (Å²) >= 11 is 1.46. The molecule has 0 saturated carbocycles. The molecule has 0 aliphatic carbocycles. The van der Waals surface area contributed by atoms with E-state index in [0.29, 0.717) is 16.7 Å². The highest BCUT2D eigenvalue weighted by atomic mass is 32.2. The first-order chi connectivity index (χ1) is 11.5. The normalized spacial score (nSPS) is 10.8. The Balaban J connectivity index is 1.78. The van der Waals surface area contributed by atoms with Gasteiger partial charge in [0.1, 0.15) is 11.6 Å². The third-order valence-corrected chi connectivity index (χ3v) is 4.40. The van der Waals surface area contributed by atoms with Crippen LogP contribution in [0.25, 0.3) is 5.69 Å². The van der Waals surface area contributed by atoms with E-state index in [4.69, 9.17) is 0 Å². The zero-order chi connectivity index (χ0) is 17.1. The highest BCUT2D eigenvalue weighted by Crippen LogP contribution is 2.26. The molecule has 8 heteroatoms. The molecule has 122 valence electrons. The summed E-state index contributed by atoms with van der Waals surface area (Å²) in [5.74, 6) is 0.995. The van der Waals surface area contributed by atoms with E-state index in [-0.39, 0.29) is 11.5 Å².